The van der Waals surface area contributed by atoms with Gasteiger partial charge in [-0.05, 0) is 18.9 Å². The first-order chi connectivity index (χ1) is 6.15. The fourth-order valence-corrected chi connectivity index (χ4v) is 2.36. The van der Waals surface area contributed by atoms with Crippen LogP contribution in [0.25, 0.3) is 0 Å². The molecule has 2 rings (SSSR count). The van der Waals surface area contributed by atoms with Crippen LogP contribution in [0.4, 0.5) is 0 Å². The smallest absolute Gasteiger partial charge is 0.333 e. The van der Waals surface area contributed by atoms with Crippen molar-refractivity contribution in [3.63, 3.8) is 0 Å². The van der Waals surface area contributed by atoms with Crippen molar-refractivity contribution in [1.29, 1.82) is 0 Å². The maximum absolute atomic E-state index is 11.3. The van der Waals surface area contributed by atoms with Gasteiger partial charge < -0.3 is 10.1 Å². The number of hydrogen-bond acceptors (Lipinski definition) is 3. The monoisotopic (exact) mass is 181 g/mol. The van der Waals surface area contributed by atoms with Crippen LogP contribution in [0.3, 0.4) is 0 Å². The van der Waals surface area contributed by atoms with E-state index in [1.165, 1.54) is 7.11 Å². The third-order valence-electron chi connectivity index (χ3n) is 3.25. The van der Waals surface area contributed by atoms with E-state index < -0.39 is 0 Å². The summed E-state index contributed by atoms with van der Waals surface area (Å²) in [5.41, 5.74) is 1.04. The summed E-state index contributed by atoms with van der Waals surface area (Å²) in [4.78, 5) is 11.3. The highest BCUT2D eigenvalue weighted by atomic mass is 16.5. The molecule has 2 unspecified atom stereocenters. The molecule has 1 N–H and O–H groups in total. The van der Waals surface area contributed by atoms with Crippen LogP contribution in [0.1, 0.15) is 13.3 Å². The molecule has 13 heavy (non-hydrogen) atoms. The molecule has 0 radical (unpaired) electrons. The molecular weight excluding hydrogens is 166 g/mol. The number of methoxy groups -OCH3 is 1. The van der Waals surface area contributed by atoms with Crippen LogP contribution in [0.15, 0.2) is 11.6 Å². The lowest BCUT2D eigenvalue weighted by molar-refractivity contribution is -0.136. The summed E-state index contributed by atoms with van der Waals surface area (Å²) < 4.78 is 4.72. The zero-order valence-electron chi connectivity index (χ0n) is 8.09. The number of ether oxygens (including phenoxy) is 1. The molecule has 0 amide bonds. The molecule has 0 aromatic carbocycles. The zero-order valence-corrected chi connectivity index (χ0v) is 8.09. The number of hydrogen-bond donors (Lipinski definition) is 1. The van der Waals surface area contributed by atoms with Crippen LogP contribution in [0.5, 0.6) is 0 Å². The highest BCUT2D eigenvalue weighted by molar-refractivity contribution is 5.89. The molecule has 3 nitrogen and oxygen atoms in total. The van der Waals surface area contributed by atoms with Crippen molar-refractivity contribution in [2.75, 3.05) is 20.2 Å². The Morgan fingerprint density at radius 3 is 3.15 bits per heavy atom. The van der Waals surface area contributed by atoms with Crippen molar-refractivity contribution in [1.82, 2.24) is 5.32 Å². The van der Waals surface area contributed by atoms with Crippen molar-refractivity contribution >= 4 is 5.97 Å². The van der Waals surface area contributed by atoms with Gasteiger partial charge in [-0.2, -0.15) is 0 Å². The lowest BCUT2D eigenvalue weighted by Crippen LogP contribution is -2.19. The summed E-state index contributed by atoms with van der Waals surface area (Å²) in [7, 11) is 1.44. The molecule has 0 bridgehead atoms. The molecule has 2 atom stereocenters. The van der Waals surface area contributed by atoms with Gasteiger partial charge in [0.1, 0.15) is 0 Å². The number of esters is 1. The molecule has 3 heteroatoms. The predicted octanol–water partition coefficient (Wildman–Crippen LogP) is 0.715. The second-order valence-corrected chi connectivity index (χ2v) is 4.20. The van der Waals surface area contributed by atoms with Gasteiger partial charge in [-0.3, -0.25) is 0 Å². The van der Waals surface area contributed by atoms with E-state index in [-0.39, 0.29) is 11.4 Å². The van der Waals surface area contributed by atoms with Gasteiger partial charge in [-0.15, -0.1) is 0 Å². The topological polar surface area (TPSA) is 38.3 Å². The van der Waals surface area contributed by atoms with E-state index in [4.69, 9.17) is 4.74 Å². The Hall–Kier alpha value is -0.830. The molecule has 0 spiro atoms. The number of carbonyl (C=O) groups excluding carboxylic acids is 1. The van der Waals surface area contributed by atoms with Crippen LogP contribution in [-0.4, -0.2) is 26.2 Å². The van der Waals surface area contributed by atoms with E-state index in [0.717, 1.165) is 25.1 Å². The minimum absolute atomic E-state index is 0.157. The zero-order chi connectivity index (χ0) is 9.47. The van der Waals surface area contributed by atoms with E-state index in [1.807, 2.05) is 0 Å². The van der Waals surface area contributed by atoms with E-state index in [2.05, 4.69) is 18.3 Å². The SMILES string of the molecule is COC(=O)C1=CC2(C)CNCC2C1. The molecule has 72 valence electrons. The molecule has 1 aliphatic carbocycles. The Labute approximate surface area is 78.1 Å². The maximum atomic E-state index is 11.3. The molecule has 0 aromatic heterocycles. The predicted molar refractivity (Wildman–Crippen MR) is 49.2 cm³/mol. The van der Waals surface area contributed by atoms with Crippen LogP contribution in [-0.2, 0) is 9.53 Å². The van der Waals surface area contributed by atoms with Crippen molar-refractivity contribution in [3.8, 4) is 0 Å². The van der Waals surface area contributed by atoms with E-state index in [1.54, 1.807) is 0 Å². The van der Waals surface area contributed by atoms with Crippen molar-refractivity contribution in [2.24, 2.45) is 11.3 Å². The third-order valence-corrected chi connectivity index (χ3v) is 3.25. The van der Waals surface area contributed by atoms with E-state index in [9.17, 15) is 4.79 Å². The maximum Gasteiger partial charge on any atom is 0.333 e. The summed E-state index contributed by atoms with van der Waals surface area (Å²) in [6, 6.07) is 0. The molecule has 2 aliphatic rings. The van der Waals surface area contributed by atoms with Crippen molar-refractivity contribution in [3.05, 3.63) is 11.6 Å². The first kappa shape index (κ1) is 8.75. The van der Waals surface area contributed by atoms with Gasteiger partial charge in [0, 0.05) is 17.5 Å². The van der Waals surface area contributed by atoms with Crippen LogP contribution in [0, 0.1) is 11.3 Å². The third kappa shape index (κ3) is 1.27. The summed E-state index contributed by atoms with van der Waals surface area (Å²) >= 11 is 0. The van der Waals surface area contributed by atoms with Gasteiger partial charge in [0.15, 0.2) is 0 Å². The second-order valence-electron chi connectivity index (χ2n) is 4.20. The molecular formula is C10H15NO2. The second kappa shape index (κ2) is 2.84. The number of carbonyl (C=O) groups is 1. The summed E-state index contributed by atoms with van der Waals surface area (Å²) in [6.45, 7) is 4.21. The molecule has 0 saturated carbocycles. The standard InChI is InChI=1S/C10H15NO2/c1-10-4-7(9(12)13-2)3-8(10)5-11-6-10/h4,8,11H,3,5-6H2,1-2H3. The Morgan fingerprint density at radius 2 is 2.54 bits per heavy atom. The van der Waals surface area contributed by atoms with Crippen molar-refractivity contribution < 1.29 is 9.53 Å². The first-order valence-corrected chi connectivity index (χ1v) is 4.66. The van der Waals surface area contributed by atoms with Crippen LogP contribution >= 0.6 is 0 Å². The minimum Gasteiger partial charge on any atom is -0.466 e. The average molecular weight is 181 g/mol. The van der Waals surface area contributed by atoms with Gasteiger partial charge in [0.05, 0.1) is 7.11 Å². The molecule has 1 aliphatic heterocycles. The van der Waals surface area contributed by atoms with Crippen LogP contribution in [0.2, 0.25) is 0 Å². The quantitative estimate of drug-likeness (QED) is 0.606. The lowest BCUT2D eigenvalue weighted by atomic mass is 9.84. The van der Waals surface area contributed by atoms with Gasteiger partial charge >= 0.3 is 5.97 Å². The summed E-state index contributed by atoms with van der Waals surface area (Å²) in [6.07, 6.45) is 2.96. The highest BCUT2D eigenvalue weighted by Gasteiger charge is 2.43. The Bertz CT molecular complexity index is 272. The first-order valence-electron chi connectivity index (χ1n) is 4.66. The Balaban J connectivity index is 2.19. The summed E-state index contributed by atoms with van der Waals surface area (Å²) in [5.74, 6) is 0.428. The fraction of sp³-hybridized carbons (Fsp3) is 0.700. The van der Waals surface area contributed by atoms with Crippen LogP contribution < -0.4 is 5.32 Å². The van der Waals surface area contributed by atoms with E-state index >= 15 is 0 Å². The fourth-order valence-electron chi connectivity index (χ4n) is 2.36. The average Bonchev–Trinajstić information content (AvgIpc) is 2.57. The van der Waals surface area contributed by atoms with Crippen molar-refractivity contribution in [2.45, 2.75) is 13.3 Å². The van der Waals surface area contributed by atoms with Gasteiger partial charge in [-0.1, -0.05) is 13.0 Å². The van der Waals surface area contributed by atoms with Gasteiger partial charge in [-0.25, -0.2) is 4.79 Å². The molecule has 0 aromatic rings. The number of fused-ring (bicyclic) bond motifs is 1. The molecule has 1 saturated heterocycles. The Morgan fingerprint density at radius 1 is 1.77 bits per heavy atom. The Kier molecular flexibility index (Phi) is 1.91. The van der Waals surface area contributed by atoms with E-state index in [0.29, 0.717) is 5.92 Å². The molecule has 1 heterocycles. The number of rotatable bonds is 1. The largest absolute Gasteiger partial charge is 0.466 e. The number of nitrogens with one attached hydrogen (secondary N) is 1. The van der Waals surface area contributed by atoms with Gasteiger partial charge in [0.2, 0.25) is 0 Å². The summed E-state index contributed by atoms with van der Waals surface area (Å²) in [5, 5.41) is 3.35. The normalized spacial score (nSPS) is 37.1. The highest BCUT2D eigenvalue weighted by Crippen LogP contribution is 2.43. The molecule has 1 fully saturated rings. The lowest BCUT2D eigenvalue weighted by Gasteiger charge is -2.19. The van der Waals surface area contributed by atoms with Gasteiger partial charge in [0.25, 0.3) is 0 Å². The minimum atomic E-state index is -0.157.